The SMILES string of the molecule is Cc1[nH]ncc1CNC(=O)N[C@@H](Cc1cnc[nH]1)C(=O)O. The second kappa shape index (κ2) is 6.55. The maximum absolute atomic E-state index is 11.8. The number of amides is 2. The van der Waals surface area contributed by atoms with Crippen LogP contribution in [0, 0.1) is 6.92 Å². The van der Waals surface area contributed by atoms with Gasteiger partial charge in [-0.25, -0.2) is 14.6 Å². The first-order valence-electron chi connectivity index (χ1n) is 6.29. The number of aromatic amines is 2. The minimum Gasteiger partial charge on any atom is -0.480 e. The molecule has 0 saturated heterocycles. The zero-order valence-electron chi connectivity index (χ0n) is 11.4. The van der Waals surface area contributed by atoms with Crippen molar-refractivity contribution in [3.8, 4) is 0 Å². The van der Waals surface area contributed by atoms with Crippen molar-refractivity contribution in [2.24, 2.45) is 0 Å². The zero-order valence-corrected chi connectivity index (χ0v) is 11.4. The van der Waals surface area contributed by atoms with Crippen LogP contribution in [-0.4, -0.2) is 43.3 Å². The van der Waals surface area contributed by atoms with Gasteiger partial charge in [-0.15, -0.1) is 0 Å². The minimum absolute atomic E-state index is 0.132. The monoisotopic (exact) mass is 292 g/mol. The molecule has 1 atom stereocenters. The highest BCUT2D eigenvalue weighted by molar-refractivity contribution is 5.82. The van der Waals surface area contributed by atoms with E-state index in [1.54, 1.807) is 6.20 Å². The average molecular weight is 292 g/mol. The first kappa shape index (κ1) is 14.6. The van der Waals surface area contributed by atoms with Crippen molar-refractivity contribution in [1.29, 1.82) is 0 Å². The molecule has 2 amide bonds. The highest BCUT2D eigenvalue weighted by atomic mass is 16.4. The average Bonchev–Trinajstić information content (AvgIpc) is 3.07. The van der Waals surface area contributed by atoms with Gasteiger partial charge in [-0.3, -0.25) is 5.10 Å². The Balaban J connectivity index is 1.86. The number of imidazole rings is 1. The summed E-state index contributed by atoms with van der Waals surface area (Å²) in [6.45, 7) is 2.10. The van der Waals surface area contributed by atoms with Gasteiger partial charge < -0.3 is 20.7 Å². The van der Waals surface area contributed by atoms with Crippen molar-refractivity contribution in [2.75, 3.05) is 0 Å². The number of carbonyl (C=O) groups excluding carboxylic acids is 1. The van der Waals surface area contributed by atoms with E-state index in [4.69, 9.17) is 5.11 Å². The predicted octanol–water partition coefficient (Wildman–Crippen LogP) is -0.0637. The van der Waals surface area contributed by atoms with E-state index in [9.17, 15) is 9.59 Å². The van der Waals surface area contributed by atoms with Gasteiger partial charge >= 0.3 is 12.0 Å². The highest BCUT2D eigenvalue weighted by Gasteiger charge is 2.21. The van der Waals surface area contributed by atoms with Crippen LogP contribution in [0.2, 0.25) is 0 Å². The first-order chi connectivity index (χ1) is 10.1. The fourth-order valence-corrected chi connectivity index (χ4v) is 1.75. The topological polar surface area (TPSA) is 136 Å². The number of carboxylic acids is 1. The van der Waals surface area contributed by atoms with E-state index >= 15 is 0 Å². The Bertz CT molecular complexity index is 606. The molecule has 0 spiro atoms. The Hall–Kier alpha value is -2.84. The molecular weight excluding hydrogens is 276 g/mol. The molecule has 5 N–H and O–H groups in total. The molecule has 0 aliphatic carbocycles. The van der Waals surface area contributed by atoms with Crippen molar-refractivity contribution in [1.82, 2.24) is 30.8 Å². The minimum atomic E-state index is -1.11. The summed E-state index contributed by atoms with van der Waals surface area (Å²) >= 11 is 0. The number of aromatic nitrogens is 4. The van der Waals surface area contributed by atoms with Crippen LogP contribution >= 0.6 is 0 Å². The summed E-state index contributed by atoms with van der Waals surface area (Å²) in [6, 6.07) is -1.58. The summed E-state index contributed by atoms with van der Waals surface area (Å²) in [6.07, 6.45) is 4.71. The Labute approximate surface area is 120 Å². The molecule has 2 aromatic heterocycles. The summed E-state index contributed by atoms with van der Waals surface area (Å²) in [4.78, 5) is 29.5. The second-order valence-corrected chi connectivity index (χ2v) is 4.52. The van der Waals surface area contributed by atoms with Crippen LogP contribution in [0.15, 0.2) is 18.7 Å². The standard InChI is InChI=1S/C12H16N6O3/c1-7-8(4-16-18-7)3-14-12(21)17-10(11(19)20)2-9-5-13-6-15-9/h4-6,10H,2-3H2,1H3,(H,13,15)(H,16,18)(H,19,20)(H2,14,17,21)/t10-/m0/s1. The van der Waals surface area contributed by atoms with Gasteiger partial charge in [-0.05, 0) is 6.92 Å². The van der Waals surface area contributed by atoms with Crippen molar-refractivity contribution in [3.05, 3.63) is 35.7 Å². The number of aryl methyl sites for hydroxylation is 1. The number of carbonyl (C=O) groups is 2. The van der Waals surface area contributed by atoms with Gasteiger partial charge in [0, 0.05) is 36.1 Å². The zero-order chi connectivity index (χ0) is 15.2. The molecule has 21 heavy (non-hydrogen) atoms. The second-order valence-electron chi connectivity index (χ2n) is 4.52. The molecule has 0 saturated carbocycles. The summed E-state index contributed by atoms with van der Waals surface area (Å²) in [7, 11) is 0. The molecule has 2 aromatic rings. The molecule has 0 aliphatic heterocycles. The molecule has 0 aliphatic rings. The molecule has 0 bridgehead atoms. The smallest absolute Gasteiger partial charge is 0.326 e. The van der Waals surface area contributed by atoms with Crippen LogP contribution in [0.5, 0.6) is 0 Å². The maximum atomic E-state index is 11.8. The van der Waals surface area contributed by atoms with Gasteiger partial charge in [0.25, 0.3) is 0 Å². The molecule has 2 rings (SSSR count). The maximum Gasteiger partial charge on any atom is 0.326 e. The van der Waals surface area contributed by atoms with E-state index in [0.717, 1.165) is 11.3 Å². The number of H-pyrrole nitrogens is 2. The summed E-state index contributed by atoms with van der Waals surface area (Å²) < 4.78 is 0. The van der Waals surface area contributed by atoms with Gasteiger partial charge in [0.15, 0.2) is 0 Å². The van der Waals surface area contributed by atoms with E-state index in [1.807, 2.05) is 6.92 Å². The lowest BCUT2D eigenvalue weighted by atomic mass is 10.1. The number of carboxylic acid groups (broad SMARTS) is 1. The third kappa shape index (κ3) is 4.06. The Morgan fingerprint density at radius 1 is 1.43 bits per heavy atom. The van der Waals surface area contributed by atoms with Crippen molar-refractivity contribution in [2.45, 2.75) is 25.9 Å². The van der Waals surface area contributed by atoms with E-state index in [1.165, 1.54) is 12.5 Å². The molecule has 2 heterocycles. The molecule has 0 aromatic carbocycles. The third-order valence-corrected chi connectivity index (χ3v) is 2.96. The Morgan fingerprint density at radius 3 is 2.81 bits per heavy atom. The number of aliphatic carboxylic acids is 1. The molecule has 0 unspecified atom stereocenters. The molecule has 9 heteroatoms. The van der Waals surface area contributed by atoms with Crippen LogP contribution in [-0.2, 0) is 17.8 Å². The number of hydrogen-bond donors (Lipinski definition) is 5. The largest absolute Gasteiger partial charge is 0.480 e. The normalized spacial score (nSPS) is 11.9. The number of nitrogens with zero attached hydrogens (tertiary/aromatic N) is 2. The van der Waals surface area contributed by atoms with E-state index < -0.39 is 18.0 Å². The summed E-state index contributed by atoms with van der Waals surface area (Å²) in [5.74, 6) is -1.11. The number of nitrogens with one attached hydrogen (secondary N) is 4. The fourth-order valence-electron chi connectivity index (χ4n) is 1.75. The van der Waals surface area contributed by atoms with Gasteiger partial charge in [0.2, 0.25) is 0 Å². The fraction of sp³-hybridized carbons (Fsp3) is 0.333. The van der Waals surface area contributed by atoms with E-state index in [2.05, 4.69) is 30.8 Å². The number of hydrogen-bond acceptors (Lipinski definition) is 4. The molecule has 0 radical (unpaired) electrons. The first-order valence-corrected chi connectivity index (χ1v) is 6.29. The van der Waals surface area contributed by atoms with Crippen molar-refractivity contribution in [3.63, 3.8) is 0 Å². The number of urea groups is 1. The van der Waals surface area contributed by atoms with Crippen LogP contribution in [0.1, 0.15) is 17.0 Å². The van der Waals surface area contributed by atoms with Gasteiger partial charge in [0.05, 0.1) is 12.5 Å². The third-order valence-electron chi connectivity index (χ3n) is 2.96. The molecule has 0 fully saturated rings. The molecule has 9 nitrogen and oxygen atoms in total. The lowest BCUT2D eigenvalue weighted by Crippen LogP contribution is -2.47. The van der Waals surface area contributed by atoms with Crippen molar-refractivity contribution >= 4 is 12.0 Å². The molecule has 112 valence electrons. The van der Waals surface area contributed by atoms with Crippen LogP contribution in [0.3, 0.4) is 0 Å². The van der Waals surface area contributed by atoms with Crippen LogP contribution < -0.4 is 10.6 Å². The lowest BCUT2D eigenvalue weighted by Gasteiger charge is -2.14. The quantitative estimate of drug-likeness (QED) is 0.508. The molecular formula is C12H16N6O3. The summed E-state index contributed by atoms with van der Waals surface area (Å²) in [5, 5.41) is 20.7. The Kier molecular flexibility index (Phi) is 4.54. The predicted molar refractivity (Wildman–Crippen MR) is 72.4 cm³/mol. The van der Waals surface area contributed by atoms with Gasteiger partial charge in [-0.2, -0.15) is 5.10 Å². The van der Waals surface area contributed by atoms with Crippen LogP contribution in [0.25, 0.3) is 0 Å². The van der Waals surface area contributed by atoms with Crippen LogP contribution in [0.4, 0.5) is 4.79 Å². The van der Waals surface area contributed by atoms with E-state index in [0.29, 0.717) is 5.69 Å². The van der Waals surface area contributed by atoms with Gasteiger partial charge in [0.1, 0.15) is 6.04 Å². The van der Waals surface area contributed by atoms with Crippen molar-refractivity contribution < 1.29 is 14.7 Å². The lowest BCUT2D eigenvalue weighted by molar-refractivity contribution is -0.139. The number of rotatable bonds is 6. The summed E-state index contributed by atoms with van der Waals surface area (Å²) in [5.41, 5.74) is 2.32. The Morgan fingerprint density at radius 2 is 2.24 bits per heavy atom. The van der Waals surface area contributed by atoms with Gasteiger partial charge in [-0.1, -0.05) is 0 Å². The van der Waals surface area contributed by atoms with E-state index in [-0.39, 0.29) is 13.0 Å². The highest BCUT2D eigenvalue weighted by Crippen LogP contribution is 2.02.